The first-order valence-corrected chi connectivity index (χ1v) is 8.29. The predicted molar refractivity (Wildman–Crippen MR) is 82.2 cm³/mol. The zero-order valence-electron chi connectivity index (χ0n) is 11.9. The standard InChI is InChI=1S/C17H22ClNO/c18-11-12-19(14-7-4-8-14)17(20)16-10-3-6-13-5-1-2-9-15(13)16/h1-2,5,9,14,16H,3-4,6-8,10-12H2. The fraction of sp³-hybridized carbons (Fsp3) is 0.588. The summed E-state index contributed by atoms with van der Waals surface area (Å²) in [7, 11) is 0. The number of aryl methyl sites for hydroxylation is 1. The molecule has 0 N–H and O–H groups in total. The van der Waals surface area contributed by atoms with Crippen molar-refractivity contribution in [2.45, 2.75) is 50.5 Å². The Morgan fingerprint density at radius 1 is 1.20 bits per heavy atom. The predicted octanol–water partition coefficient (Wildman–Crippen LogP) is 3.73. The number of benzene rings is 1. The highest BCUT2D eigenvalue weighted by molar-refractivity contribution is 6.18. The van der Waals surface area contributed by atoms with Crippen molar-refractivity contribution in [3.05, 3.63) is 35.4 Å². The van der Waals surface area contributed by atoms with Crippen LogP contribution in [0.1, 0.15) is 49.1 Å². The Morgan fingerprint density at radius 3 is 2.70 bits per heavy atom. The molecule has 1 aromatic carbocycles. The van der Waals surface area contributed by atoms with Gasteiger partial charge in [0.1, 0.15) is 0 Å². The number of alkyl halides is 1. The number of nitrogens with zero attached hydrogens (tertiary/aromatic N) is 1. The van der Waals surface area contributed by atoms with Gasteiger partial charge in [-0.15, -0.1) is 11.6 Å². The number of amides is 1. The van der Waals surface area contributed by atoms with Crippen molar-refractivity contribution in [3.63, 3.8) is 0 Å². The van der Waals surface area contributed by atoms with Crippen molar-refractivity contribution >= 4 is 17.5 Å². The van der Waals surface area contributed by atoms with Crippen LogP contribution in [0.4, 0.5) is 0 Å². The number of hydrogen-bond acceptors (Lipinski definition) is 1. The van der Waals surface area contributed by atoms with Gasteiger partial charge >= 0.3 is 0 Å². The Morgan fingerprint density at radius 2 is 2.00 bits per heavy atom. The maximum absolute atomic E-state index is 13.0. The Labute approximate surface area is 126 Å². The quantitative estimate of drug-likeness (QED) is 0.774. The molecule has 0 saturated heterocycles. The molecule has 0 radical (unpaired) electrons. The number of carbonyl (C=O) groups excluding carboxylic acids is 1. The van der Waals surface area contributed by atoms with E-state index in [1.165, 1.54) is 17.5 Å². The zero-order valence-corrected chi connectivity index (χ0v) is 12.6. The van der Waals surface area contributed by atoms with E-state index in [0.29, 0.717) is 24.4 Å². The smallest absolute Gasteiger partial charge is 0.230 e. The van der Waals surface area contributed by atoms with Gasteiger partial charge in [-0.05, 0) is 49.7 Å². The lowest BCUT2D eigenvalue weighted by Crippen LogP contribution is -2.47. The van der Waals surface area contributed by atoms with Crippen LogP contribution in [0.5, 0.6) is 0 Å². The van der Waals surface area contributed by atoms with E-state index in [2.05, 4.69) is 29.2 Å². The monoisotopic (exact) mass is 291 g/mol. The first-order chi connectivity index (χ1) is 9.81. The molecule has 1 fully saturated rings. The van der Waals surface area contributed by atoms with Crippen molar-refractivity contribution in [2.24, 2.45) is 0 Å². The molecule has 1 amide bonds. The van der Waals surface area contributed by atoms with Gasteiger partial charge in [-0.25, -0.2) is 0 Å². The second-order valence-electron chi connectivity index (χ2n) is 5.95. The lowest BCUT2D eigenvalue weighted by atomic mass is 9.81. The summed E-state index contributed by atoms with van der Waals surface area (Å²) in [6.45, 7) is 0.698. The second kappa shape index (κ2) is 6.17. The number of rotatable bonds is 4. The fourth-order valence-electron chi connectivity index (χ4n) is 3.47. The topological polar surface area (TPSA) is 20.3 Å². The van der Waals surface area contributed by atoms with Gasteiger partial charge in [0.25, 0.3) is 0 Å². The minimum Gasteiger partial charge on any atom is -0.338 e. The minimum atomic E-state index is 0.0590. The van der Waals surface area contributed by atoms with Crippen molar-refractivity contribution in [2.75, 3.05) is 12.4 Å². The summed E-state index contributed by atoms with van der Waals surface area (Å²) >= 11 is 5.91. The minimum absolute atomic E-state index is 0.0590. The van der Waals surface area contributed by atoms with Gasteiger partial charge < -0.3 is 4.90 Å². The Bertz CT molecular complexity index is 484. The van der Waals surface area contributed by atoms with Crippen molar-refractivity contribution in [1.29, 1.82) is 0 Å². The molecule has 0 heterocycles. The van der Waals surface area contributed by atoms with Crippen LogP contribution in [0, 0.1) is 0 Å². The normalized spacial score (nSPS) is 21.9. The Balaban J connectivity index is 1.82. The highest BCUT2D eigenvalue weighted by atomic mass is 35.5. The lowest BCUT2D eigenvalue weighted by molar-refractivity contribution is -0.137. The number of hydrogen-bond donors (Lipinski definition) is 0. The molecular weight excluding hydrogens is 270 g/mol. The molecule has 3 rings (SSSR count). The summed E-state index contributed by atoms with van der Waals surface area (Å²) in [5.41, 5.74) is 2.61. The van der Waals surface area contributed by atoms with Crippen LogP contribution < -0.4 is 0 Å². The second-order valence-corrected chi connectivity index (χ2v) is 6.33. The molecule has 2 nitrogen and oxygen atoms in total. The van der Waals surface area contributed by atoms with E-state index in [0.717, 1.165) is 32.1 Å². The fourth-order valence-corrected chi connectivity index (χ4v) is 3.65. The largest absolute Gasteiger partial charge is 0.338 e. The average molecular weight is 292 g/mol. The number of halogens is 1. The summed E-state index contributed by atoms with van der Waals surface area (Å²) in [4.78, 5) is 15.0. The molecule has 108 valence electrons. The van der Waals surface area contributed by atoms with Gasteiger partial charge in [-0.2, -0.15) is 0 Å². The van der Waals surface area contributed by atoms with Crippen LogP contribution >= 0.6 is 11.6 Å². The van der Waals surface area contributed by atoms with Crippen LogP contribution in [0.2, 0.25) is 0 Å². The average Bonchev–Trinajstić information content (AvgIpc) is 2.43. The van der Waals surface area contributed by atoms with Crippen LogP contribution in [0.15, 0.2) is 24.3 Å². The summed E-state index contributed by atoms with van der Waals surface area (Å²) < 4.78 is 0. The van der Waals surface area contributed by atoms with E-state index >= 15 is 0 Å². The molecular formula is C17H22ClNO. The lowest BCUT2D eigenvalue weighted by Gasteiger charge is -2.40. The maximum Gasteiger partial charge on any atom is 0.230 e. The third kappa shape index (κ3) is 2.58. The van der Waals surface area contributed by atoms with Gasteiger partial charge in [0, 0.05) is 18.5 Å². The van der Waals surface area contributed by atoms with E-state index in [-0.39, 0.29) is 5.92 Å². The number of fused-ring (bicyclic) bond motifs is 1. The molecule has 2 aliphatic carbocycles. The molecule has 1 atom stereocenters. The van der Waals surface area contributed by atoms with Gasteiger partial charge in [-0.1, -0.05) is 24.3 Å². The molecule has 1 unspecified atom stereocenters. The summed E-state index contributed by atoms with van der Waals surface area (Å²) in [5.74, 6) is 0.905. The van der Waals surface area contributed by atoms with E-state index < -0.39 is 0 Å². The molecule has 0 aromatic heterocycles. The van der Waals surface area contributed by atoms with E-state index in [1.807, 2.05) is 0 Å². The molecule has 2 aliphatic rings. The molecule has 0 spiro atoms. The number of carbonyl (C=O) groups is 1. The SMILES string of the molecule is O=C(C1CCCc2ccccc21)N(CCCl)C1CCC1. The Hall–Kier alpha value is -1.02. The molecule has 1 aromatic rings. The summed E-state index contributed by atoms with van der Waals surface area (Å²) in [6.07, 6.45) is 6.76. The summed E-state index contributed by atoms with van der Waals surface area (Å²) in [5, 5.41) is 0. The summed E-state index contributed by atoms with van der Waals surface area (Å²) in [6, 6.07) is 8.88. The van der Waals surface area contributed by atoms with Gasteiger partial charge in [0.15, 0.2) is 0 Å². The van der Waals surface area contributed by atoms with Gasteiger partial charge in [0.05, 0.1) is 5.92 Å². The van der Waals surface area contributed by atoms with Crippen LogP contribution in [-0.4, -0.2) is 29.3 Å². The molecule has 3 heteroatoms. The van der Waals surface area contributed by atoms with Crippen molar-refractivity contribution < 1.29 is 4.79 Å². The Kier molecular flexibility index (Phi) is 4.30. The molecule has 0 aliphatic heterocycles. The van der Waals surface area contributed by atoms with E-state index in [9.17, 15) is 4.79 Å². The molecule has 0 bridgehead atoms. The van der Waals surface area contributed by atoms with E-state index in [4.69, 9.17) is 11.6 Å². The third-order valence-corrected chi connectivity index (χ3v) is 4.96. The molecule has 1 saturated carbocycles. The van der Waals surface area contributed by atoms with Crippen LogP contribution in [0.25, 0.3) is 0 Å². The van der Waals surface area contributed by atoms with Crippen LogP contribution in [0.3, 0.4) is 0 Å². The van der Waals surface area contributed by atoms with E-state index in [1.54, 1.807) is 0 Å². The van der Waals surface area contributed by atoms with Crippen molar-refractivity contribution in [3.8, 4) is 0 Å². The van der Waals surface area contributed by atoms with Crippen molar-refractivity contribution in [1.82, 2.24) is 4.90 Å². The highest BCUT2D eigenvalue weighted by Crippen LogP contribution is 2.35. The first kappa shape index (κ1) is 13.9. The maximum atomic E-state index is 13.0. The zero-order chi connectivity index (χ0) is 13.9. The van der Waals surface area contributed by atoms with Crippen LogP contribution in [-0.2, 0) is 11.2 Å². The van der Waals surface area contributed by atoms with Gasteiger partial charge in [0.2, 0.25) is 5.91 Å². The molecule has 20 heavy (non-hydrogen) atoms. The van der Waals surface area contributed by atoms with Gasteiger partial charge in [-0.3, -0.25) is 4.79 Å². The first-order valence-electron chi connectivity index (χ1n) is 7.75. The highest BCUT2D eigenvalue weighted by Gasteiger charge is 2.34. The third-order valence-electron chi connectivity index (χ3n) is 4.79.